The fraction of sp³-hybridized carbons (Fsp3) is 0.417. The van der Waals surface area contributed by atoms with E-state index in [1.54, 1.807) is 6.07 Å². The average molecular weight is 358 g/mol. The number of hydrogen-bond donors (Lipinski definition) is 0. The van der Waals surface area contributed by atoms with Crippen LogP contribution in [0, 0.1) is 11.3 Å². The molecule has 0 saturated heterocycles. The molecule has 0 radical (unpaired) electrons. The molecule has 0 aliphatic rings. The first-order valence-corrected chi connectivity index (χ1v) is 8.78. The Morgan fingerprint density at radius 1 is 1.29 bits per heavy atom. The third-order valence-corrected chi connectivity index (χ3v) is 5.47. The normalized spacial score (nSPS) is 13.7. The van der Waals surface area contributed by atoms with Crippen molar-refractivity contribution in [2.45, 2.75) is 22.9 Å². The van der Waals surface area contributed by atoms with E-state index in [-0.39, 0.29) is 18.2 Å². The Morgan fingerprint density at radius 2 is 1.86 bits per heavy atom. The summed E-state index contributed by atoms with van der Waals surface area (Å²) in [5.74, 6) is -0.874. The Balaban J connectivity index is 2.70. The van der Waals surface area contributed by atoms with Crippen molar-refractivity contribution in [2.24, 2.45) is 0 Å². The molecule has 1 atom stereocenters. The van der Waals surface area contributed by atoms with E-state index < -0.39 is 32.1 Å². The van der Waals surface area contributed by atoms with Crippen LogP contribution in [-0.2, 0) is 15.6 Å². The Kier molecular flexibility index (Phi) is 6.38. The summed E-state index contributed by atoms with van der Waals surface area (Å²) in [5.41, 5.74) is -4.00. The molecule has 116 valence electrons. The molecule has 0 fully saturated rings. The van der Waals surface area contributed by atoms with Crippen molar-refractivity contribution in [3.8, 4) is 6.07 Å². The molecule has 1 rings (SSSR count). The second kappa shape index (κ2) is 7.38. The zero-order chi connectivity index (χ0) is 16.1. The van der Waals surface area contributed by atoms with E-state index in [1.165, 1.54) is 24.3 Å². The van der Waals surface area contributed by atoms with Gasteiger partial charge in [0.25, 0.3) is 0 Å². The zero-order valence-corrected chi connectivity index (χ0v) is 13.0. The van der Waals surface area contributed by atoms with Crippen LogP contribution >= 0.6 is 23.4 Å². The largest absolute Gasteiger partial charge is 0.441 e. The van der Waals surface area contributed by atoms with Crippen LogP contribution in [0.5, 0.6) is 0 Å². The average Bonchev–Trinajstić information content (AvgIpc) is 2.35. The van der Waals surface area contributed by atoms with Gasteiger partial charge in [-0.25, -0.2) is 8.42 Å². The van der Waals surface area contributed by atoms with Gasteiger partial charge in [0.1, 0.15) is 5.25 Å². The number of alkyl halides is 3. The number of benzene rings is 1. The SMILES string of the molecule is N#CC(CCSC(F)(F)F)S(=O)(=O)Cc1ccc(Cl)cc1. The topological polar surface area (TPSA) is 57.9 Å². The highest BCUT2D eigenvalue weighted by Gasteiger charge is 2.31. The molecular formula is C12H11ClF3NO2S2. The molecule has 1 aromatic carbocycles. The summed E-state index contributed by atoms with van der Waals surface area (Å²) in [6.07, 6.45) is -0.364. The number of rotatable bonds is 6. The third-order valence-electron chi connectivity index (χ3n) is 2.50. The molecular weight excluding hydrogens is 347 g/mol. The predicted molar refractivity (Wildman–Crippen MR) is 76.6 cm³/mol. The summed E-state index contributed by atoms with van der Waals surface area (Å²) in [7, 11) is -3.84. The monoisotopic (exact) mass is 357 g/mol. The molecule has 0 aliphatic carbocycles. The maximum absolute atomic E-state index is 12.0. The van der Waals surface area contributed by atoms with Crippen molar-refractivity contribution in [2.75, 3.05) is 5.75 Å². The molecule has 0 bridgehead atoms. The lowest BCUT2D eigenvalue weighted by Crippen LogP contribution is -2.22. The van der Waals surface area contributed by atoms with Crippen molar-refractivity contribution in [1.82, 2.24) is 0 Å². The molecule has 0 amide bonds. The Labute approximate surface area is 130 Å². The van der Waals surface area contributed by atoms with Gasteiger partial charge in [-0.05, 0) is 24.1 Å². The van der Waals surface area contributed by atoms with Gasteiger partial charge in [-0.1, -0.05) is 35.5 Å². The number of thioether (sulfide) groups is 1. The molecule has 21 heavy (non-hydrogen) atoms. The standard InChI is InChI=1S/C12H11ClF3NO2S2/c13-10-3-1-9(2-4-10)8-21(18,19)11(7-17)5-6-20-12(14,15)16/h1-4,11H,5-6,8H2. The zero-order valence-electron chi connectivity index (χ0n) is 10.6. The Bertz CT molecular complexity index is 609. The third kappa shape index (κ3) is 6.59. The first-order valence-electron chi connectivity index (χ1n) is 5.70. The van der Waals surface area contributed by atoms with E-state index in [1.807, 2.05) is 0 Å². The van der Waals surface area contributed by atoms with E-state index in [9.17, 15) is 21.6 Å². The van der Waals surface area contributed by atoms with Gasteiger partial charge in [-0.15, -0.1) is 0 Å². The van der Waals surface area contributed by atoms with Gasteiger partial charge in [-0.3, -0.25) is 0 Å². The lowest BCUT2D eigenvalue weighted by Gasteiger charge is -2.11. The smallest absolute Gasteiger partial charge is 0.227 e. The van der Waals surface area contributed by atoms with Crippen molar-refractivity contribution >= 4 is 33.2 Å². The molecule has 0 N–H and O–H groups in total. The van der Waals surface area contributed by atoms with Crippen LogP contribution in [0.4, 0.5) is 13.2 Å². The Hall–Kier alpha value is -0.910. The number of halogens is 4. The lowest BCUT2D eigenvalue weighted by molar-refractivity contribution is -0.0327. The van der Waals surface area contributed by atoms with E-state index in [0.717, 1.165) is 0 Å². The summed E-state index contributed by atoms with van der Waals surface area (Å²) in [6, 6.07) is 7.58. The highest BCUT2D eigenvalue weighted by atomic mass is 35.5. The fourth-order valence-electron chi connectivity index (χ4n) is 1.52. The van der Waals surface area contributed by atoms with Crippen LogP contribution in [0.2, 0.25) is 5.02 Å². The highest BCUT2D eigenvalue weighted by molar-refractivity contribution is 8.00. The fourth-order valence-corrected chi connectivity index (χ4v) is 3.88. The molecule has 0 aromatic heterocycles. The molecule has 0 aliphatic heterocycles. The van der Waals surface area contributed by atoms with Gasteiger partial charge in [0.2, 0.25) is 0 Å². The van der Waals surface area contributed by atoms with Crippen molar-refractivity contribution in [3.63, 3.8) is 0 Å². The Morgan fingerprint density at radius 3 is 2.33 bits per heavy atom. The van der Waals surface area contributed by atoms with Gasteiger partial charge < -0.3 is 0 Å². The molecule has 3 nitrogen and oxygen atoms in total. The lowest BCUT2D eigenvalue weighted by atomic mass is 10.2. The molecule has 1 aromatic rings. The van der Waals surface area contributed by atoms with E-state index in [2.05, 4.69) is 0 Å². The first kappa shape index (κ1) is 18.1. The van der Waals surface area contributed by atoms with Gasteiger partial charge >= 0.3 is 5.51 Å². The van der Waals surface area contributed by atoms with Gasteiger partial charge in [0.15, 0.2) is 9.84 Å². The first-order chi connectivity index (χ1) is 9.64. The van der Waals surface area contributed by atoms with Crippen LogP contribution in [-0.4, -0.2) is 24.9 Å². The summed E-state index contributed by atoms with van der Waals surface area (Å²) in [5, 5.41) is 7.86. The minimum Gasteiger partial charge on any atom is -0.227 e. The number of sulfone groups is 1. The van der Waals surface area contributed by atoms with Crippen LogP contribution in [0.1, 0.15) is 12.0 Å². The van der Waals surface area contributed by atoms with Gasteiger partial charge in [0, 0.05) is 10.8 Å². The van der Waals surface area contributed by atoms with E-state index in [4.69, 9.17) is 16.9 Å². The molecule has 0 heterocycles. The van der Waals surface area contributed by atoms with Crippen molar-refractivity contribution in [1.29, 1.82) is 5.26 Å². The molecule has 0 spiro atoms. The van der Waals surface area contributed by atoms with Crippen LogP contribution in [0.25, 0.3) is 0 Å². The van der Waals surface area contributed by atoms with Crippen molar-refractivity contribution < 1.29 is 21.6 Å². The summed E-state index contributed by atoms with van der Waals surface area (Å²) >= 11 is 5.34. The minimum absolute atomic E-state index is 0.331. The summed E-state index contributed by atoms with van der Waals surface area (Å²) in [4.78, 5) is 0. The quantitative estimate of drug-likeness (QED) is 0.777. The maximum Gasteiger partial charge on any atom is 0.441 e. The van der Waals surface area contributed by atoms with Gasteiger partial charge in [0.05, 0.1) is 11.8 Å². The maximum atomic E-state index is 12.0. The van der Waals surface area contributed by atoms with Crippen LogP contribution in [0.15, 0.2) is 24.3 Å². The molecule has 0 saturated carbocycles. The summed E-state index contributed by atoms with van der Waals surface area (Å²) < 4.78 is 60.1. The summed E-state index contributed by atoms with van der Waals surface area (Å²) in [6.45, 7) is 0. The number of nitriles is 1. The number of nitrogens with zero attached hydrogens (tertiary/aromatic N) is 1. The second-order valence-electron chi connectivity index (χ2n) is 4.13. The molecule has 1 unspecified atom stereocenters. The van der Waals surface area contributed by atoms with E-state index in [0.29, 0.717) is 10.6 Å². The van der Waals surface area contributed by atoms with Gasteiger partial charge in [-0.2, -0.15) is 18.4 Å². The van der Waals surface area contributed by atoms with E-state index >= 15 is 0 Å². The predicted octanol–water partition coefficient (Wildman–Crippen LogP) is 3.79. The van der Waals surface area contributed by atoms with Crippen molar-refractivity contribution in [3.05, 3.63) is 34.9 Å². The molecule has 9 heteroatoms. The minimum atomic E-state index is -4.43. The van der Waals surface area contributed by atoms with Crippen LogP contribution < -0.4 is 0 Å². The highest BCUT2D eigenvalue weighted by Crippen LogP contribution is 2.31. The number of hydrogen-bond acceptors (Lipinski definition) is 4. The van der Waals surface area contributed by atoms with Crippen LogP contribution in [0.3, 0.4) is 0 Å². The second-order valence-corrected chi connectivity index (χ2v) is 7.91.